The molecule has 0 spiro atoms. The first-order chi connectivity index (χ1) is 12.5. The van der Waals surface area contributed by atoms with Gasteiger partial charge in [0.1, 0.15) is 0 Å². The average molecular weight is 350 g/mol. The van der Waals surface area contributed by atoms with Gasteiger partial charge in [0.25, 0.3) is 0 Å². The van der Waals surface area contributed by atoms with Crippen LogP contribution in [0.5, 0.6) is 5.75 Å². The van der Waals surface area contributed by atoms with Crippen LogP contribution in [0.4, 0.5) is 11.4 Å². The summed E-state index contributed by atoms with van der Waals surface area (Å²) in [6, 6.07) is 9.72. The second-order valence-electron chi connectivity index (χ2n) is 7.14. The lowest BCUT2D eigenvalue weighted by Crippen LogP contribution is -2.29. The Labute approximate surface area is 152 Å². The van der Waals surface area contributed by atoms with E-state index in [9.17, 15) is 10.1 Å². The molecular formula is C21H22N2O3. The van der Waals surface area contributed by atoms with E-state index in [2.05, 4.69) is 43.4 Å². The van der Waals surface area contributed by atoms with Crippen LogP contribution in [-0.4, -0.2) is 12.0 Å². The van der Waals surface area contributed by atoms with E-state index in [-0.39, 0.29) is 16.7 Å². The molecule has 5 heteroatoms. The number of rotatable bonds is 3. The van der Waals surface area contributed by atoms with Crippen molar-refractivity contribution in [1.82, 2.24) is 0 Å². The van der Waals surface area contributed by atoms with E-state index in [1.165, 1.54) is 29.5 Å². The number of nitro benzene ring substituents is 1. The van der Waals surface area contributed by atoms with E-state index < -0.39 is 0 Å². The van der Waals surface area contributed by atoms with Crippen molar-refractivity contribution >= 4 is 11.4 Å². The standard InChI is InChI=1S/C21H22N2O3/c1-12-7-9-17-15-5-4-6-16(15)21(22-20(17)13(12)2)14-8-10-19(26-3)18(11-14)23(24)25/h4-5,7-11,15-16,21-22H,6H2,1-3H3/t15-,16+,21+/m1/s1. The summed E-state index contributed by atoms with van der Waals surface area (Å²) in [4.78, 5) is 11.1. The van der Waals surface area contributed by atoms with E-state index in [0.717, 1.165) is 12.0 Å². The predicted octanol–water partition coefficient (Wildman–Crippen LogP) is 5.05. The van der Waals surface area contributed by atoms with Gasteiger partial charge >= 0.3 is 5.69 Å². The molecule has 2 aromatic carbocycles. The fourth-order valence-corrected chi connectivity index (χ4v) is 4.29. The van der Waals surface area contributed by atoms with E-state index in [0.29, 0.717) is 17.6 Å². The Morgan fingerprint density at radius 3 is 2.77 bits per heavy atom. The molecule has 3 atom stereocenters. The molecule has 1 aliphatic heterocycles. The van der Waals surface area contributed by atoms with E-state index in [4.69, 9.17) is 4.74 Å². The van der Waals surface area contributed by atoms with Crippen LogP contribution in [0.25, 0.3) is 0 Å². The van der Waals surface area contributed by atoms with Crippen LogP contribution in [-0.2, 0) is 0 Å². The summed E-state index contributed by atoms with van der Waals surface area (Å²) < 4.78 is 5.15. The number of ether oxygens (including phenoxy) is 1. The highest BCUT2D eigenvalue weighted by atomic mass is 16.6. The van der Waals surface area contributed by atoms with E-state index in [1.54, 1.807) is 12.1 Å². The van der Waals surface area contributed by atoms with Crippen LogP contribution in [0.3, 0.4) is 0 Å². The van der Waals surface area contributed by atoms with Crippen molar-refractivity contribution in [2.24, 2.45) is 5.92 Å². The van der Waals surface area contributed by atoms with Gasteiger partial charge in [-0.2, -0.15) is 0 Å². The SMILES string of the molecule is COc1ccc([C@@H]2Nc3c(ccc(C)c3C)[C@@H]3C=CC[C@@H]32)cc1[N+](=O)[O-]. The quantitative estimate of drug-likeness (QED) is 0.478. The smallest absolute Gasteiger partial charge is 0.311 e. The molecule has 0 bridgehead atoms. The highest BCUT2D eigenvalue weighted by Gasteiger charge is 2.39. The molecule has 5 nitrogen and oxygen atoms in total. The number of allylic oxidation sites excluding steroid dienone is 2. The minimum absolute atomic E-state index is 0.0149. The molecule has 0 radical (unpaired) electrons. The Hall–Kier alpha value is -2.82. The summed E-state index contributed by atoms with van der Waals surface area (Å²) in [5, 5.41) is 15.1. The Kier molecular flexibility index (Phi) is 3.94. The number of methoxy groups -OCH3 is 1. The third-order valence-corrected chi connectivity index (χ3v) is 5.83. The number of anilines is 1. The molecule has 0 amide bonds. The highest BCUT2D eigenvalue weighted by Crippen LogP contribution is 2.51. The van der Waals surface area contributed by atoms with Crippen molar-refractivity contribution in [1.29, 1.82) is 0 Å². The Bertz CT molecular complexity index is 920. The molecule has 0 saturated heterocycles. The monoisotopic (exact) mass is 350 g/mol. The number of hydrogen-bond acceptors (Lipinski definition) is 4. The third-order valence-electron chi connectivity index (χ3n) is 5.83. The molecule has 0 unspecified atom stereocenters. The number of nitrogens with zero attached hydrogens (tertiary/aromatic N) is 1. The fourth-order valence-electron chi connectivity index (χ4n) is 4.29. The topological polar surface area (TPSA) is 64.4 Å². The average Bonchev–Trinajstić information content (AvgIpc) is 3.13. The lowest BCUT2D eigenvalue weighted by molar-refractivity contribution is -0.385. The molecule has 0 saturated carbocycles. The van der Waals surface area contributed by atoms with E-state index in [1.807, 2.05) is 6.07 Å². The van der Waals surface area contributed by atoms with Crippen molar-refractivity contribution < 1.29 is 9.66 Å². The number of nitrogens with one attached hydrogen (secondary N) is 1. The Morgan fingerprint density at radius 1 is 1.23 bits per heavy atom. The minimum atomic E-state index is -0.376. The van der Waals surface area contributed by atoms with Crippen molar-refractivity contribution in [2.75, 3.05) is 12.4 Å². The summed E-state index contributed by atoms with van der Waals surface area (Å²) in [7, 11) is 1.46. The fraction of sp³-hybridized carbons (Fsp3) is 0.333. The molecule has 2 aromatic rings. The van der Waals surface area contributed by atoms with Crippen molar-refractivity contribution in [3.05, 3.63) is 74.9 Å². The first-order valence-corrected chi connectivity index (χ1v) is 8.87. The van der Waals surface area contributed by atoms with Gasteiger partial charge in [-0.05, 0) is 54.5 Å². The zero-order chi connectivity index (χ0) is 18.4. The molecule has 2 aliphatic rings. The Morgan fingerprint density at radius 2 is 2.04 bits per heavy atom. The maximum Gasteiger partial charge on any atom is 0.311 e. The van der Waals surface area contributed by atoms with Crippen LogP contribution in [0.2, 0.25) is 0 Å². The van der Waals surface area contributed by atoms with Crippen LogP contribution in [0, 0.1) is 29.9 Å². The van der Waals surface area contributed by atoms with Gasteiger partial charge in [-0.25, -0.2) is 0 Å². The van der Waals surface area contributed by atoms with Crippen molar-refractivity contribution in [2.45, 2.75) is 32.2 Å². The molecule has 1 aliphatic carbocycles. The first kappa shape index (κ1) is 16.6. The summed E-state index contributed by atoms with van der Waals surface area (Å²) in [5.74, 6) is 0.998. The van der Waals surface area contributed by atoms with Gasteiger partial charge in [-0.1, -0.05) is 30.4 Å². The van der Waals surface area contributed by atoms with Gasteiger partial charge in [-0.15, -0.1) is 0 Å². The molecule has 4 rings (SSSR count). The van der Waals surface area contributed by atoms with Crippen LogP contribution in [0.15, 0.2) is 42.5 Å². The number of hydrogen-bond donors (Lipinski definition) is 1. The van der Waals surface area contributed by atoms with E-state index >= 15 is 0 Å². The summed E-state index contributed by atoms with van der Waals surface area (Å²) in [6.45, 7) is 4.24. The number of benzene rings is 2. The van der Waals surface area contributed by atoms with Crippen LogP contribution < -0.4 is 10.1 Å². The molecular weight excluding hydrogens is 328 g/mol. The lowest BCUT2D eigenvalue weighted by atomic mass is 9.76. The molecule has 1 N–H and O–H groups in total. The van der Waals surface area contributed by atoms with Gasteiger partial charge in [0.05, 0.1) is 18.1 Å². The number of aryl methyl sites for hydroxylation is 1. The molecule has 0 fully saturated rings. The van der Waals surface area contributed by atoms with Gasteiger partial charge in [0, 0.05) is 17.7 Å². The minimum Gasteiger partial charge on any atom is -0.490 e. The second kappa shape index (κ2) is 6.16. The normalized spacial score (nSPS) is 23.1. The largest absolute Gasteiger partial charge is 0.490 e. The maximum absolute atomic E-state index is 11.4. The molecule has 0 aromatic heterocycles. The van der Waals surface area contributed by atoms with Crippen LogP contribution in [0.1, 0.15) is 40.6 Å². The molecule has 26 heavy (non-hydrogen) atoms. The van der Waals surface area contributed by atoms with Crippen LogP contribution >= 0.6 is 0 Å². The zero-order valence-electron chi connectivity index (χ0n) is 15.2. The number of fused-ring (bicyclic) bond motifs is 3. The molecule has 1 heterocycles. The molecule has 134 valence electrons. The second-order valence-corrected chi connectivity index (χ2v) is 7.14. The van der Waals surface area contributed by atoms with Crippen molar-refractivity contribution in [3.8, 4) is 5.75 Å². The zero-order valence-corrected chi connectivity index (χ0v) is 15.2. The lowest BCUT2D eigenvalue weighted by Gasteiger charge is -2.38. The van der Waals surface area contributed by atoms with Gasteiger partial charge < -0.3 is 10.1 Å². The number of nitro groups is 1. The predicted molar refractivity (Wildman–Crippen MR) is 102 cm³/mol. The summed E-state index contributed by atoms with van der Waals surface area (Å²) in [5.41, 5.74) is 5.93. The maximum atomic E-state index is 11.4. The van der Waals surface area contributed by atoms with Gasteiger partial charge in [-0.3, -0.25) is 10.1 Å². The Balaban J connectivity index is 1.82. The third kappa shape index (κ3) is 2.46. The van der Waals surface area contributed by atoms with Gasteiger partial charge in [0.15, 0.2) is 5.75 Å². The van der Waals surface area contributed by atoms with Gasteiger partial charge in [0.2, 0.25) is 0 Å². The summed E-state index contributed by atoms with van der Waals surface area (Å²) in [6.07, 6.45) is 5.48. The highest BCUT2D eigenvalue weighted by molar-refractivity contribution is 5.66. The van der Waals surface area contributed by atoms with Crippen molar-refractivity contribution in [3.63, 3.8) is 0 Å². The summed E-state index contributed by atoms with van der Waals surface area (Å²) >= 11 is 0. The first-order valence-electron chi connectivity index (χ1n) is 8.87.